The second-order valence-electron chi connectivity index (χ2n) is 6.49. The Labute approximate surface area is 168 Å². The van der Waals surface area contributed by atoms with Gasteiger partial charge in [0.25, 0.3) is 11.8 Å². The molecule has 0 saturated heterocycles. The first-order chi connectivity index (χ1) is 14.0. The molecule has 3 rings (SSSR count). The largest absolute Gasteiger partial charge is 0.493 e. The molecule has 29 heavy (non-hydrogen) atoms. The lowest BCUT2D eigenvalue weighted by Gasteiger charge is -2.12. The van der Waals surface area contributed by atoms with E-state index in [-0.39, 0.29) is 17.5 Å². The van der Waals surface area contributed by atoms with Crippen molar-refractivity contribution in [1.82, 2.24) is 5.32 Å². The number of carbonyl (C=O) groups is 3. The number of hydrogen-bond acceptors (Lipinski definition) is 6. The summed E-state index contributed by atoms with van der Waals surface area (Å²) in [5, 5.41) is 5.49. The third kappa shape index (κ3) is 5.25. The molecule has 0 aliphatic heterocycles. The van der Waals surface area contributed by atoms with Crippen LogP contribution >= 0.6 is 0 Å². The van der Waals surface area contributed by atoms with Crippen molar-refractivity contribution in [3.8, 4) is 11.5 Å². The van der Waals surface area contributed by atoms with Gasteiger partial charge >= 0.3 is 5.97 Å². The summed E-state index contributed by atoms with van der Waals surface area (Å²) in [6.45, 7) is -0.494. The highest BCUT2D eigenvalue weighted by atomic mass is 16.5. The van der Waals surface area contributed by atoms with Crippen LogP contribution in [0.25, 0.3) is 0 Å². The van der Waals surface area contributed by atoms with Crippen molar-refractivity contribution in [3.63, 3.8) is 0 Å². The molecule has 2 amide bonds. The van der Waals surface area contributed by atoms with Crippen molar-refractivity contribution in [2.24, 2.45) is 0 Å². The molecule has 2 aromatic carbocycles. The van der Waals surface area contributed by atoms with Crippen molar-refractivity contribution >= 4 is 23.5 Å². The Bertz CT molecular complexity index is 923. The molecule has 0 radical (unpaired) electrons. The summed E-state index contributed by atoms with van der Waals surface area (Å²) in [6.07, 6.45) is 1.93. The molecule has 2 aromatic rings. The molecule has 1 aliphatic rings. The average molecular weight is 398 g/mol. The number of hydrogen-bond donors (Lipinski definition) is 2. The molecular weight excluding hydrogens is 376 g/mol. The smallest absolute Gasteiger partial charge is 0.338 e. The van der Waals surface area contributed by atoms with Crippen LogP contribution in [0.5, 0.6) is 11.5 Å². The molecule has 1 saturated carbocycles. The van der Waals surface area contributed by atoms with Gasteiger partial charge in [0.15, 0.2) is 18.1 Å². The molecule has 0 spiro atoms. The van der Waals surface area contributed by atoms with Crippen LogP contribution in [0.1, 0.15) is 33.6 Å². The highest BCUT2D eigenvalue weighted by Gasteiger charge is 2.25. The Morgan fingerprint density at radius 2 is 1.72 bits per heavy atom. The molecule has 8 nitrogen and oxygen atoms in total. The maximum absolute atomic E-state index is 12.3. The number of esters is 1. The first-order valence-corrected chi connectivity index (χ1v) is 9.10. The van der Waals surface area contributed by atoms with E-state index in [1.54, 1.807) is 30.3 Å². The molecule has 1 fully saturated rings. The van der Waals surface area contributed by atoms with Gasteiger partial charge in [0.1, 0.15) is 0 Å². The Balaban J connectivity index is 1.59. The van der Waals surface area contributed by atoms with Crippen molar-refractivity contribution in [2.75, 3.05) is 26.1 Å². The quantitative estimate of drug-likeness (QED) is 0.662. The number of ether oxygens (including phenoxy) is 3. The average Bonchev–Trinajstić information content (AvgIpc) is 3.55. The van der Waals surface area contributed by atoms with Crippen LogP contribution in [0.2, 0.25) is 0 Å². The highest BCUT2D eigenvalue weighted by Crippen LogP contribution is 2.27. The summed E-state index contributed by atoms with van der Waals surface area (Å²) in [5.41, 5.74) is 0.941. The van der Waals surface area contributed by atoms with Gasteiger partial charge in [0.2, 0.25) is 0 Å². The third-order valence-electron chi connectivity index (χ3n) is 4.31. The number of anilines is 1. The van der Waals surface area contributed by atoms with Gasteiger partial charge in [-0.15, -0.1) is 0 Å². The second-order valence-corrected chi connectivity index (χ2v) is 6.49. The van der Waals surface area contributed by atoms with E-state index < -0.39 is 18.5 Å². The SMILES string of the molecule is COc1ccc(C(=O)OCC(=O)Nc2ccccc2C(=O)NC2CC2)cc1OC. The van der Waals surface area contributed by atoms with Gasteiger partial charge in [-0.2, -0.15) is 0 Å². The Kier molecular flexibility index (Phi) is 6.33. The van der Waals surface area contributed by atoms with Gasteiger partial charge in [-0.25, -0.2) is 4.79 Å². The normalized spacial score (nSPS) is 12.6. The molecule has 2 N–H and O–H groups in total. The zero-order chi connectivity index (χ0) is 20.8. The second kappa shape index (κ2) is 9.09. The minimum Gasteiger partial charge on any atom is -0.493 e. The van der Waals surface area contributed by atoms with Gasteiger partial charge in [0.05, 0.1) is 31.0 Å². The Morgan fingerprint density at radius 3 is 2.41 bits per heavy atom. The predicted molar refractivity (Wildman–Crippen MR) is 105 cm³/mol. The molecule has 0 aromatic heterocycles. The van der Waals surface area contributed by atoms with Crippen LogP contribution in [0, 0.1) is 0 Å². The number of rotatable bonds is 8. The standard InChI is InChI=1S/C21H22N2O6/c1-27-17-10-7-13(11-18(17)28-2)21(26)29-12-19(24)23-16-6-4-3-5-15(16)20(25)22-14-8-9-14/h3-7,10-11,14H,8-9,12H2,1-2H3,(H,22,25)(H,23,24). The first kappa shape index (κ1) is 20.2. The van der Waals surface area contributed by atoms with Crippen molar-refractivity contribution in [1.29, 1.82) is 0 Å². The van der Waals surface area contributed by atoms with E-state index in [9.17, 15) is 14.4 Å². The molecular formula is C21H22N2O6. The molecule has 0 atom stereocenters. The maximum Gasteiger partial charge on any atom is 0.338 e. The number of amides is 2. The fraction of sp³-hybridized carbons (Fsp3) is 0.286. The van der Waals surface area contributed by atoms with Crippen molar-refractivity contribution in [2.45, 2.75) is 18.9 Å². The van der Waals surface area contributed by atoms with Crippen molar-refractivity contribution < 1.29 is 28.6 Å². The van der Waals surface area contributed by atoms with E-state index in [1.165, 1.54) is 26.4 Å². The van der Waals surface area contributed by atoms with E-state index >= 15 is 0 Å². The van der Waals surface area contributed by atoms with E-state index in [1.807, 2.05) is 0 Å². The monoisotopic (exact) mass is 398 g/mol. The summed E-state index contributed by atoms with van der Waals surface area (Å²) in [7, 11) is 2.94. The van der Waals surface area contributed by atoms with Gasteiger partial charge in [-0.05, 0) is 43.2 Å². The number of carbonyl (C=O) groups excluding carboxylic acids is 3. The summed E-state index contributed by atoms with van der Waals surface area (Å²) in [6, 6.07) is 11.4. The lowest BCUT2D eigenvalue weighted by molar-refractivity contribution is -0.119. The zero-order valence-corrected chi connectivity index (χ0v) is 16.2. The van der Waals surface area contributed by atoms with E-state index in [2.05, 4.69) is 10.6 Å². The van der Waals surface area contributed by atoms with Gasteiger partial charge < -0.3 is 24.8 Å². The lowest BCUT2D eigenvalue weighted by Crippen LogP contribution is -2.28. The molecule has 152 valence electrons. The van der Waals surface area contributed by atoms with Crippen LogP contribution in [-0.4, -0.2) is 44.7 Å². The maximum atomic E-state index is 12.3. The molecule has 1 aliphatic carbocycles. The van der Waals surface area contributed by atoms with Gasteiger partial charge in [-0.1, -0.05) is 12.1 Å². The van der Waals surface area contributed by atoms with E-state index in [4.69, 9.17) is 14.2 Å². The van der Waals surface area contributed by atoms with Crippen LogP contribution in [0.4, 0.5) is 5.69 Å². The van der Waals surface area contributed by atoms with Gasteiger partial charge in [0, 0.05) is 6.04 Å². The minimum absolute atomic E-state index is 0.203. The fourth-order valence-electron chi connectivity index (χ4n) is 2.64. The lowest BCUT2D eigenvalue weighted by atomic mass is 10.1. The topological polar surface area (TPSA) is 103 Å². The van der Waals surface area contributed by atoms with Crippen LogP contribution in [-0.2, 0) is 9.53 Å². The number of nitrogens with one attached hydrogen (secondary N) is 2. The Morgan fingerprint density at radius 1 is 1.00 bits per heavy atom. The third-order valence-corrected chi connectivity index (χ3v) is 4.31. The summed E-state index contributed by atoms with van der Waals surface area (Å²) in [4.78, 5) is 36.7. The fourth-order valence-corrected chi connectivity index (χ4v) is 2.64. The molecule has 0 heterocycles. The molecule has 0 bridgehead atoms. The summed E-state index contributed by atoms with van der Waals surface area (Å²) >= 11 is 0. The first-order valence-electron chi connectivity index (χ1n) is 9.10. The van der Waals surface area contributed by atoms with Crippen LogP contribution in [0.3, 0.4) is 0 Å². The summed E-state index contributed by atoms with van der Waals surface area (Å²) in [5.74, 6) is -0.623. The highest BCUT2D eigenvalue weighted by molar-refractivity contribution is 6.04. The molecule has 8 heteroatoms. The van der Waals surface area contributed by atoms with Gasteiger partial charge in [-0.3, -0.25) is 9.59 Å². The minimum atomic E-state index is -0.680. The van der Waals surface area contributed by atoms with Crippen LogP contribution in [0.15, 0.2) is 42.5 Å². The summed E-state index contributed by atoms with van der Waals surface area (Å²) < 4.78 is 15.3. The zero-order valence-electron chi connectivity index (χ0n) is 16.2. The predicted octanol–water partition coefficient (Wildman–Crippen LogP) is 2.39. The van der Waals surface area contributed by atoms with Crippen LogP contribution < -0.4 is 20.1 Å². The number of benzene rings is 2. The number of methoxy groups -OCH3 is 2. The van der Waals surface area contributed by atoms with E-state index in [0.29, 0.717) is 22.7 Å². The molecule has 0 unspecified atom stereocenters. The van der Waals surface area contributed by atoms with Crippen molar-refractivity contribution in [3.05, 3.63) is 53.6 Å². The Hall–Kier alpha value is -3.55. The number of para-hydroxylation sites is 1. The van der Waals surface area contributed by atoms with E-state index in [0.717, 1.165) is 12.8 Å².